The Morgan fingerprint density at radius 3 is 2.58 bits per heavy atom. The molecule has 0 aliphatic carbocycles. The van der Waals surface area contributed by atoms with Gasteiger partial charge in [-0.1, -0.05) is 47.7 Å². The molecule has 0 saturated heterocycles. The van der Waals surface area contributed by atoms with Gasteiger partial charge in [-0.3, -0.25) is 9.59 Å². The van der Waals surface area contributed by atoms with E-state index in [2.05, 4.69) is 15.5 Å². The Kier molecular flexibility index (Phi) is 8.08. The number of methoxy groups -OCH3 is 2. The van der Waals surface area contributed by atoms with Gasteiger partial charge in [-0.05, 0) is 18.2 Å². The van der Waals surface area contributed by atoms with Gasteiger partial charge in [0.15, 0.2) is 0 Å². The molecule has 0 saturated carbocycles. The number of nitrogens with one attached hydrogen (secondary N) is 1. The number of carbonyl (C=O) groups excluding carboxylic acids is 2. The summed E-state index contributed by atoms with van der Waals surface area (Å²) in [7, 11) is 3.12. The Hall–Kier alpha value is -3.30. The summed E-state index contributed by atoms with van der Waals surface area (Å²) in [6.45, 7) is 0.987. The van der Waals surface area contributed by atoms with E-state index in [1.165, 1.54) is 11.3 Å². The molecule has 2 amide bonds. The van der Waals surface area contributed by atoms with Crippen LogP contribution in [-0.4, -0.2) is 60.8 Å². The number of rotatable bonds is 10. The molecule has 8 nitrogen and oxygen atoms in total. The van der Waals surface area contributed by atoms with Crippen LogP contribution >= 0.6 is 11.3 Å². The van der Waals surface area contributed by atoms with Crippen LogP contribution in [-0.2, 0) is 9.53 Å². The number of carbonyl (C=O) groups is 2. The van der Waals surface area contributed by atoms with Gasteiger partial charge in [-0.15, -0.1) is 10.2 Å². The van der Waals surface area contributed by atoms with Crippen molar-refractivity contribution >= 4 is 28.3 Å². The summed E-state index contributed by atoms with van der Waals surface area (Å²) in [6.07, 6.45) is 0.125. The van der Waals surface area contributed by atoms with Crippen LogP contribution in [0.1, 0.15) is 16.8 Å². The molecule has 0 radical (unpaired) electrons. The molecule has 1 N–H and O–H groups in total. The zero-order valence-electron chi connectivity index (χ0n) is 17.4. The molecule has 0 bridgehead atoms. The first-order valence-electron chi connectivity index (χ1n) is 9.71. The van der Waals surface area contributed by atoms with Crippen molar-refractivity contribution in [3.05, 3.63) is 60.2 Å². The van der Waals surface area contributed by atoms with Gasteiger partial charge in [-0.2, -0.15) is 0 Å². The van der Waals surface area contributed by atoms with Gasteiger partial charge in [-0.25, -0.2) is 0 Å². The molecular weight excluding hydrogens is 416 g/mol. The highest BCUT2D eigenvalue weighted by atomic mass is 32.1. The number of hydrogen-bond acceptors (Lipinski definition) is 7. The van der Waals surface area contributed by atoms with E-state index in [1.807, 2.05) is 30.3 Å². The maximum atomic E-state index is 12.9. The van der Waals surface area contributed by atoms with E-state index in [0.29, 0.717) is 29.6 Å². The Balaban J connectivity index is 1.60. The highest BCUT2D eigenvalue weighted by Gasteiger charge is 2.18. The first-order chi connectivity index (χ1) is 15.1. The molecule has 2 aromatic carbocycles. The van der Waals surface area contributed by atoms with E-state index < -0.39 is 0 Å². The molecule has 3 aromatic rings. The Labute approximate surface area is 184 Å². The quantitative estimate of drug-likeness (QED) is 0.520. The first kappa shape index (κ1) is 22.4. The molecule has 1 aromatic heterocycles. The molecule has 3 rings (SSSR count). The van der Waals surface area contributed by atoms with Crippen LogP contribution in [0.15, 0.2) is 54.6 Å². The van der Waals surface area contributed by atoms with Crippen molar-refractivity contribution in [3.63, 3.8) is 0 Å². The molecule has 0 aliphatic rings. The minimum atomic E-state index is -0.239. The van der Waals surface area contributed by atoms with Crippen molar-refractivity contribution in [2.75, 3.05) is 39.2 Å². The van der Waals surface area contributed by atoms with Crippen molar-refractivity contribution in [1.82, 2.24) is 15.1 Å². The number of aromatic nitrogens is 2. The average molecular weight is 441 g/mol. The lowest BCUT2D eigenvalue weighted by Gasteiger charge is -2.22. The third kappa shape index (κ3) is 6.34. The third-order valence-electron chi connectivity index (χ3n) is 4.47. The fourth-order valence-electron chi connectivity index (χ4n) is 2.84. The monoisotopic (exact) mass is 440 g/mol. The van der Waals surface area contributed by atoms with Crippen molar-refractivity contribution in [2.24, 2.45) is 0 Å². The maximum absolute atomic E-state index is 12.9. The lowest BCUT2D eigenvalue weighted by Crippen LogP contribution is -2.36. The van der Waals surface area contributed by atoms with Crippen LogP contribution in [0.4, 0.5) is 5.13 Å². The molecule has 0 fully saturated rings. The minimum Gasteiger partial charge on any atom is -0.497 e. The van der Waals surface area contributed by atoms with Gasteiger partial charge in [0.1, 0.15) is 10.8 Å². The number of benzene rings is 2. The third-order valence-corrected chi connectivity index (χ3v) is 5.36. The standard InChI is InChI=1S/C22H24N4O4S/c1-29-14-13-26(21(28)17-9-6-10-18(15-17)30-2)12-11-19(27)23-22-25-24-20(31-22)16-7-4-3-5-8-16/h3-10,15H,11-14H2,1-2H3,(H,23,25,27). The van der Waals surface area contributed by atoms with Crippen LogP contribution in [0.25, 0.3) is 10.6 Å². The maximum Gasteiger partial charge on any atom is 0.254 e. The molecule has 0 atom stereocenters. The fraction of sp³-hybridized carbons (Fsp3) is 0.273. The zero-order valence-corrected chi connectivity index (χ0v) is 18.2. The van der Waals surface area contributed by atoms with E-state index in [0.717, 1.165) is 10.6 Å². The number of ether oxygens (including phenoxy) is 2. The molecule has 1 heterocycles. The van der Waals surface area contributed by atoms with E-state index in [1.54, 1.807) is 43.4 Å². The average Bonchev–Trinajstić information content (AvgIpc) is 3.27. The smallest absolute Gasteiger partial charge is 0.254 e. The van der Waals surface area contributed by atoms with Crippen LogP contribution in [0.3, 0.4) is 0 Å². The zero-order chi connectivity index (χ0) is 22.1. The molecule has 9 heteroatoms. The minimum absolute atomic E-state index is 0.125. The lowest BCUT2D eigenvalue weighted by molar-refractivity contribution is -0.116. The summed E-state index contributed by atoms with van der Waals surface area (Å²) in [4.78, 5) is 26.9. The van der Waals surface area contributed by atoms with Gasteiger partial charge in [0.25, 0.3) is 5.91 Å². The summed E-state index contributed by atoms with van der Waals surface area (Å²) in [6, 6.07) is 16.6. The van der Waals surface area contributed by atoms with E-state index in [4.69, 9.17) is 9.47 Å². The first-order valence-corrected chi connectivity index (χ1v) is 10.5. The molecule has 162 valence electrons. The summed E-state index contributed by atoms with van der Waals surface area (Å²) >= 11 is 1.30. The second-order valence-corrected chi connectivity index (χ2v) is 7.57. The number of anilines is 1. The fourth-order valence-corrected chi connectivity index (χ4v) is 3.61. The Bertz CT molecular complexity index is 1010. The predicted molar refractivity (Wildman–Crippen MR) is 119 cm³/mol. The van der Waals surface area contributed by atoms with Crippen LogP contribution < -0.4 is 10.1 Å². The molecule has 0 unspecified atom stereocenters. The number of nitrogens with zero attached hydrogens (tertiary/aromatic N) is 3. The second kappa shape index (κ2) is 11.2. The summed E-state index contributed by atoms with van der Waals surface area (Å²) < 4.78 is 10.3. The van der Waals surface area contributed by atoms with Crippen molar-refractivity contribution in [2.45, 2.75) is 6.42 Å². The predicted octanol–water partition coefficient (Wildman–Crippen LogP) is 3.33. The van der Waals surface area contributed by atoms with Gasteiger partial charge < -0.3 is 19.7 Å². The van der Waals surface area contributed by atoms with E-state index in [-0.39, 0.29) is 24.8 Å². The van der Waals surface area contributed by atoms with Gasteiger partial charge in [0.05, 0.1) is 13.7 Å². The topological polar surface area (TPSA) is 93.6 Å². The SMILES string of the molecule is COCCN(CCC(=O)Nc1nnc(-c2ccccc2)s1)C(=O)c1cccc(OC)c1. The lowest BCUT2D eigenvalue weighted by atomic mass is 10.2. The molecule has 0 spiro atoms. The summed E-state index contributed by atoms with van der Waals surface area (Å²) in [5.74, 6) is 0.170. The number of hydrogen-bond donors (Lipinski definition) is 1. The molecule has 0 aliphatic heterocycles. The molecule has 31 heavy (non-hydrogen) atoms. The van der Waals surface area contributed by atoms with Gasteiger partial charge in [0, 0.05) is 37.7 Å². The second-order valence-electron chi connectivity index (χ2n) is 6.59. The van der Waals surface area contributed by atoms with Crippen LogP contribution in [0.2, 0.25) is 0 Å². The number of amides is 2. The van der Waals surface area contributed by atoms with Crippen LogP contribution in [0.5, 0.6) is 5.75 Å². The van der Waals surface area contributed by atoms with Gasteiger partial charge >= 0.3 is 0 Å². The Morgan fingerprint density at radius 2 is 1.84 bits per heavy atom. The van der Waals surface area contributed by atoms with Gasteiger partial charge in [0.2, 0.25) is 11.0 Å². The van der Waals surface area contributed by atoms with E-state index >= 15 is 0 Å². The van der Waals surface area contributed by atoms with E-state index in [9.17, 15) is 9.59 Å². The normalized spacial score (nSPS) is 10.5. The largest absolute Gasteiger partial charge is 0.497 e. The van der Waals surface area contributed by atoms with Crippen molar-refractivity contribution < 1.29 is 19.1 Å². The Morgan fingerprint density at radius 1 is 1.03 bits per heavy atom. The highest BCUT2D eigenvalue weighted by Crippen LogP contribution is 2.26. The summed E-state index contributed by atoms with van der Waals surface area (Å²) in [5.41, 5.74) is 1.43. The molecular formula is C22H24N4O4S. The van der Waals surface area contributed by atoms with Crippen molar-refractivity contribution in [1.29, 1.82) is 0 Å². The highest BCUT2D eigenvalue weighted by molar-refractivity contribution is 7.18. The van der Waals surface area contributed by atoms with Crippen LogP contribution in [0, 0.1) is 0 Å². The summed E-state index contributed by atoms with van der Waals surface area (Å²) in [5, 5.41) is 12.1. The van der Waals surface area contributed by atoms with Crippen molar-refractivity contribution in [3.8, 4) is 16.3 Å².